The summed E-state index contributed by atoms with van der Waals surface area (Å²) in [5.74, 6) is 0.108. The predicted molar refractivity (Wildman–Crippen MR) is 65.2 cm³/mol. The zero-order valence-electron chi connectivity index (χ0n) is 9.64. The van der Waals surface area contributed by atoms with Crippen LogP contribution in [0.3, 0.4) is 0 Å². The lowest BCUT2D eigenvalue weighted by molar-refractivity contribution is -0.119. The Morgan fingerprint density at radius 3 is 2.50 bits per heavy atom. The number of hydrogen-bond acceptors (Lipinski definition) is 3. The molecule has 0 N–H and O–H groups in total. The van der Waals surface area contributed by atoms with E-state index in [0.717, 1.165) is 11.2 Å². The molecule has 0 aromatic carbocycles. The lowest BCUT2D eigenvalue weighted by Gasteiger charge is -2.26. The average molecular weight is 302 g/mol. The molecule has 8 heteroatoms. The van der Waals surface area contributed by atoms with E-state index in [9.17, 15) is 13.2 Å². The van der Waals surface area contributed by atoms with Gasteiger partial charge in [-0.2, -0.15) is 13.2 Å². The Morgan fingerprint density at radius 2 is 2.00 bits per heavy atom. The van der Waals surface area contributed by atoms with Gasteiger partial charge in [-0.1, -0.05) is 18.5 Å². The molecule has 0 amide bonds. The number of alkyl halides is 4. The summed E-state index contributed by atoms with van der Waals surface area (Å²) >= 11 is 11.5. The predicted octanol–water partition coefficient (Wildman–Crippen LogP) is 3.65. The largest absolute Gasteiger partial charge is 0.405 e. The van der Waals surface area contributed by atoms with Crippen LogP contribution >= 0.6 is 23.2 Å². The molecule has 0 atom stereocenters. The zero-order valence-corrected chi connectivity index (χ0v) is 11.1. The minimum Gasteiger partial charge on any atom is -0.347 e. The molecule has 0 spiro atoms. The van der Waals surface area contributed by atoms with Crippen LogP contribution in [0.5, 0.6) is 0 Å². The number of hydrogen-bond donors (Lipinski definition) is 0. The minimum atomic E-state index is -4.31. The van der Waals surface area contributed by atoms with Gasteiger partial charge >= 0.3 is 6.18 Å². The van der Waals surface area contributed by atoms with Crippen LogP contribution in [-0.2, 0) is 5.88 Å². The van der Waals surface area contributed by atoms with Crippen molar-refractivity contribution in [1.29, 1.82) is 0 Å². The number of nitrogens with zero attached hydrogens (tertiary/aromatic N) is 3. The number of aromatic nitrogens is 2. The Labute approximate surface area is 113 Å². The van der Waals surface area contributed by atoms with Gasteiger partial charge in [-0.25, -0.2) is 9.97 Å². The zero-order chi connectivity index (χ0) is 13.8. The van der Waals surface area contributed by atoms with Crippen molar-refractivity contribution in [3.63, 3.8) is 0 Å². The summed E-state index contributed by atoms with van der Waals surface area (Å²) in [5, 5.41) is 0.0817. The van der Waals surface area contributed by atoms with E-state index in [1.54, 1.807) is 6.92 Å². The van der Waals surface area contributed by atoms with Crippen molar-refractivity contribution in [2.24, 2.45) is 0 Å². The second kappa shape index (κ2) is 6.43. The Morgan fingerprint density at radius 1 is 1.33 bits per heavy atom. The van der Waals surface area contributed by atoms with Crippen LogP contribution < -0.4 is 4.90 Å². The van der Waals surface area contributed by atoms with Gasteiger partial charge in [0, 0.05) is 12.1 Å². The Kier molecular flexibility index (Phi) is 5.47. The monoisotopic (exact) mass is 301 g/mol. The highest BCUT2D eigenvalue weighted by Gasteiger charge is 2.32. The molecule has 0 aliphatic carbocycles. The van der Waals surface area contributed by atoms with E-state index in [-0.39, 0.29) is 23.4 Å². The van der Waals surface area contributed by atoms with Crippen LogP contribution in [-0.4, -0.2) is 29.2 Å². The van der Waals surface area contributed by atoms with E-state index < -0.39 is 12.7 Å². The summed E-state index contributed by atoms with van der Waals surface area (Å²) in [6.07, 6.45) is -2.62. The van der Waals surface area contributed by atoms with Crippen LogP contribution in [0.4, 0.5) is 19.0 Å². The van der Waals surface area contributed by atoms with E-state index in [0.29, 0.717) is 12.0 Å². The van der Waals surface area contributed by atoms with Gasteiger partial charge < -0.3 is 4.90 Å². The number of anilines is 1. The fraction of sp³-hybridized carbons (Fsp3) is 0.600. The van der Waals surface area contributed by atoms with E-state index in [1.165, 1.54) is 0 Å². The normalized spacial score (nSPS) is 11.7. The molecule has 0 aliphatic rings. The highest BCUT2D eigenvalue weighted by molar-refractivity contribution is 6.31. The summed E-state index contributed by atoms with van der Waals surface area (Å²) in [5.41, 5.74) is 0.318. The molecular weight excluding hydrogens is 290 g/mol. The molecule has 3 nitrogen and oxygen atoms in total. The van der Waals surface area contributed by atoms with Crippen molar-refractivity contribution < 1.29 is 13.2 Å². The van der Waals surface area contributed by atoms with Gasteiger partial charge in [0.05, 0.1) is 5.88 Å². The first-order valence-electron chi connectivity index (χ1n) is 5.26. The van der Waals surface area contributed by atoms with Gasteiger partial charge in [-0.05, 0) is 6.42 Å². The van der Waals surface area contributed by atoms with Gasteiger partial charge in [0.2, 0.25) is 0 Å². The molecule has 0 radical (unpaired) electrons. The maximum Gasteiger partial charge on any atom is 0.405 e. The van der Waals surface area contributed by atoms with Gasteiger partial charge in [0.1, 0.15) is 23.8 Å². The van der Waals surface area contributed by atoms with Crippen LogP contribution in [0.1, 0.15) is 18.9 Å². The molecule has 0 unspecified atom stereocenters. The number of halogens is 5. The van der Waals surface area contributed by atoms with E-state index in [4.69, 9.17) is 23.2 Å². The molecule has 1 aromatic heterocycles. The summed E-state index contributed by atoms with van der Waals surface area (Å²) < 4.78 is 37.5. The van der Waals surface area contributed by atoms with Crippen molar-refractivity contribution >= 4 is 29.0 Å². The van der Waals surface area contributed by atoms with Gasteiger partial charge in [0.25, 0.3) is 0 Å². The molecule has 1 aromatic rings. The molecule has 0 aliphatic heterocycles. The third-order valence-electron chi connectivity index (χ3n) is 2.17. The molecule has 18 heavy (non-hydrogen) atoms. The van der Waals surface area contributed by atoms with Crippen molar-refractivity contribution in [2.75, 3.05) is 18.0 Å². The fourth-order valence-electron chi connectivity index (χ4n) is 1.52. The van der Waals surface area contributed by atoms with Crippen LogP contribution in [0.15, 0.2) is 6.33 Å². The molecule has 0 fully saturated rings. The third-order valence-corrected chi connectivity index (χ3v) is 2.76. The summed E-state index contributed by atoms with van der Waals surface area (Å²) in [7, 11) is 0. The first kappa shape index (κ1) is 15.3. The average Bonchev–Trinajstić information content (AvgIpc) is 2.26. The van der Waals surface area contributed by atoms with E-state index in [1.807, 2.05) is 0 Å². The topological polar surface area (TPSA) is 29.0 Å². The molecule has 102 valence electrons. The van der Waals surface area contributed by atoms with Crippen LogP contribution in [0.2, 0.25) is 5.15 Å². The van der Waals surface area contributed by atoms with Crippen molar-refractivity contribution in [3.05, 3.63) is 17.0 Å². The lowest BCUT2D eigenvalue weighted by Crippen LogP contribution is -2.36. The van der Waals surface area contributed by atoms with Gasteiger partial charge in [-0.15, -0.1) is 11.6 Å². The second-order valence-corrected chi connectivity index (χ2v) is 4.26. The molecular formula is C10H12Cl2F3N3. The van der Waals surface area contributed by atoms with Crippen molar-refractivity contribution in [1.82, 2.24) is 9.97 Å². The Balaban J connectivity index is 3.09. The Hall–Kier alpha value is -0.750. The molecule has 1 heterocycles. The quantitative estimate of drug-likeness (QED) is 0.614. The minimum absolute atomic E-state index is 0.0346. The molecule has 1 rings (SSSR count). The highest BCUT2D eigenvalue weighted by atomic mass is 35.5. The maximum absolute atomic E-state index is 12.5. The molecule has 0 saturated heterocycles. The first-order valence-corrected chi connectivity index (χ1v) is 6.17. The summed E-state index contributed by atoms with van der Waals surface area (Å²) in [6.45, 7) is 0.918. The Bertz CT molecular complexity index is 398. The van der Waals surface area contributed by atoms with Gasteiger partial charge in [0.15, 0.2) is 0 Å². The fourth-order valence-corrected chi connectivity index (χ4v) is 2.03. The van der Waals surface area contributed by atoms with Gasteiger partial charge in [-0.3, -0.25) is 0 Å². The van der Waals surface area contributed by atoms with Crippen LogP contribution in [0.25, 0.3) is 0 Å². The van der Waals surface area contributed by atoms with Crippen molar-refractivity contribution in [2.45, 2.75) is 25.4 Å². The molecule has 0 saturated carbocycles. The molecule has 0 bridgehead atoms. The van der Waals surface area contributed by atoms with E-state index in [2.05, 4.69) is 9.97 Å². The first-order chi connectivity index (χ1) is 8.39. The third kappa shape index (κ3) is 4.17. The lowest BCUT2D eigenvalue weighted by atomic mass is 10.3. The van der Waals surface area contributed by atoms with Crippen LogP contribution in [0, 0.1) is 0 Å². The highest BCUT2D eigenvalue weighted by Crippen LogP contribution is 2.28. The standard InChI is InChI=1S/C10H12Cl2F3N3/c1-2-3-18(5-10(13,14)15)9-7(4-11)8(12)16-6-17-9/h6H,2-5H2,1H3. The van der Waals surface area contributed by atoms with E-state index >= 15 is 0 Å². The maximum atomic E-state index is 12.5. The second-order valence-electron chi connectivity index (χ2n) is 3.64. The SMILES string of the molecule is CCCN(CC(F)(F)F)c1ncnc(Cl)c1CCl. The summed E-state index contributed by atoms with van der Waals surface area (Å²) in [4.78, 5) is 8.69. The smallest absolute Gasteiger partial charge is 0.347 e. The van der Waals surface area contributed by atoms with Crippen molar-refractivity contribution in [3.8, 4) is 0 Å². The summed E-state index contributed by atoms with van der Waals surface area (Å²) in [6, 6.07) is 0. The number of rotatable bonds is 5.